The fourth-order valence-electron chi connectivity index (χ4n) is 1.50. The van der Waals surface area contributed by atoms with Gasteiger partial charge in [-0.3, -0.25) is 9.59 Å². The van der Waals surface area contributed by atoms with Crippen LogP contribution in [0.5, 0.6) is 0 Å². The Morgan fingerprint density at radius 2 is 2.50 bits per heavy atom. The average Bonchev–Trinajstić information content (AvgIpc) is 2.73. The predicted octanol–water partition coefficient (Wildman–Crippen LogP) is 1.02. The molecule has 1 atom stereocenters. The number of hydrogen-bond donors (Lipinski definition) is 1. The lowest BCUT2D eigenvalue weighted by Crippen LogP contribution is -2.53. The number of hydrogen-bond acceptors (Lipinski definition) is 4. The summed E-state index contributed by atoms with van der Waals surface area (Å²) in [5.74, 6) is 0.447. The number of thioether (sulfide) groups is 1. The molecular formula is C10H12N2O2S2. The maximum atomic E-state index is 11.2. The van der Waals surface area contributed by atoms with Crippen LogP contribution in [0.1, 0.15) is 11.3 Å². The Balaban J connectivity index is 1.82. The number of likely N-dealkylation sites (tertiary alicyclic amines) is 1. The van der Waals surface area contributed by atoms with Gasteiger partial charge in [0.15, 0.2) is 0 Å². The van der Waals surface area contributed by atoms with Crippen molar-refractivity contribution in [3.05, 3.63) is 22.4 Å². The lowest BCUT2D eigenvalue weighted by atomic mass is 10.2. The van der Waals surface area contributed by atoms with Gasteiger partial charge in [0, 0.05) is 10.6 Å². The second-order valence-electron chi connectivity index (χ2n) is 3.54. The summed E-state index contributed by atoms with van der Waals surface area (Å²) >= 11 is 3.38. The van der Waals surface area contributed by atoms with E-state index >= 15 is 0 Å². The van der Waals surface area contributed by atoms with E-state index in [9.17, 15) is 9.59 Å². The van der Waals surface area contributed by atoms with Gasteiger partial charge in [0.2, 0.25) is 11.8 Å². The molecule has 1 aromatic heterocycles. The molecular weight excluding hydrogens is 244 g/mol. The number of primary amides is 1. The van der Waals surface area contributed by atoms with E-state index in [2.05, 4.69) is 6.07 Å². The minimum atomic E-state index is -0.449. The molecule has 1 fully saturated rings. The van der Waals surface area contributed by atoms with E-state index in [0.717, 1.165) is 5.75 Å². The topological polar surface area (TPSA) is 63.4 Å². The number of thiophene rings is 1. The van der Waals surface area contributed by atoms with Gasteiger partial charge in [-0.05, 0) is 11.4 Å². The molecule has 16 heavy (non-hydrogen) atoms. The summed E-state index contributed by atoms with van der Waals surface area (Å²) in [5, 5.41) is 2.14. The molecule has 2 amide bonds. The molecule has 4 nitrogen and oxygen atoms in total. The zero-order valence-electron chi connectivity index (χ0n) is 8.59. The van der Waals surface area contributed by atoms with E-state index in [-0.39, 0.29) is 17.8 Å². The third kappa shape index (κ3) is 2.56. The van der Waals surface area contributed by atoms with Gasteiger partial charge >= 0.3 is 0 Å². The lowest BCUT2D eigenvalue weighted by molar-refractivity contribution is -0.144. The highest BCUT2D eigenvalue weighted by atomic mass is 32.2. The monoisotopic (exact) mass is 256 g/mol. The minimum absolute atomic E-state index is 0.0162. The summed E-state index contributed by atoms with van der Waals surface area (Å²) in [6.07, 6.45) is 0.517. The Kier molecular flexibility index (Phi) is 3.50. The van der Waals surface area contributed by atoms with Crippen LogP contribution in [0.4, 0.5) is 0 Å². The molecule has 1 aliphatic rings. The summed E-state index contributed by atoms with van der Waals surface area (Å²) in [4.78, 5) is 24.8. The van der Waals surface area contributed by atoms with E-state index in [0.29, 0.717) is 6.42 Å². The van der Waals surface area contributed by atoms with Crippen molar-refractivity contribution in [3.8, 4) is 0 Å². The summed E-state index contributed by atoms with van der Waals surface area (Å²) < 4.78 is 0. The zero-order chi connectivity index (χ0) is 11.5. The maximum Gasteiger partial charge on any atom is 0.237 e. The van der Waals surface area contributed by atoms with Crippen LogP contribution in [0.3, 0.4) is 0 Å². The fraction of sp³-hybridized carbons (Fsp3) is 0.400. The number of carbonyl (C=O) groups is 2. The molecule has 0 aromatic carbocycles. The molecule has 1 aromatic rings. The first-order chi connectivity index (χ1) is 7.66. The van der Waals surface area contributed by atoms with Gasteiger partial charge in [-0.2, -0.15) is 0 Å². The van der Waals surface area contributed by atoms with Gasteiger partial charge in [-0.1, -0.05) is 6.07 Å². The normalized spacial score (nSPS) is 19.6. The van der Waals surface area contributed by atoms with Crippen molar-refractivity contribution in [2.45, 2.75) is 17.5 Å². The summed E-state index contributed by atoms with van der Waals surface area (Å²) in [6, 6.07) is 4.07. The van der Waals surface area contributed by atoms with Crippen LogP contribution < -0.4 is 5.73 Å². The minimum Gasteiger partial charge on any atom is -0.368 e. The molecule has 0 aliphatic carbocycles. The Morgan fingerprint density at radius 1 is 1.69 bits per heavy atom. The Morgan fingerprint density at radius 3 is 3.06 bits per heavy atom. The highest BCUT2D eigenvalue weighted by molar-refractivity contribution is 7.99. The first kappa shape index (κ1) is 11.5. The highest BCUT2D eigenvalue weighted by Crippen LogP contribution is 2.32. The van der Waals surface area contributed by atoms with Gasteiger partial charge in [0.25, 0.3) is 0 Å². The third-order valence-electron chi connectivity index (χ3n) is 2.34. The third-order valence-corrected chi connectivity index (χ3v) is 4.68. The van der Waals surface area contributed by atoms with Crippen LogP contribution in [-0.2, 0) is 15.3 Å². The summed E-state index contributed by atoms with van der Waals surface area (Å²) in [5.41, 5.74) is 5.08. The van der Waals surface area contributed by atoms with E-state index in [4.69, 9.17) is 5.73 Å². The van der Waals surface area contributed by atoms with Gasteiger partial charge < -0.3 is 10.6 Å². The van der Waals surface area contributed by atoms with Gasteiger partial charge in [0.05, 0.1) is 11.8 Å². The van der Waals surface area contributed by atoms with Crippen LogP contribution in [0, 0.1) is 0 Å². The SMILES string of the molecule is NC(=O)CN1C(=O)CC1SCc1cccs1. The van der Waals surface area contributed by atoms with Gasteiger partial charge in [-0.15, -0.1) is 23.1 Å². The molecule has 2 heterocycles. The number of β-lactam (4-membered cyclic amide) rings is 1. The van der Waals surface area contributed by atoms with E-state index in [1.54, 1.807) is 28.0 Å². The quantitative estimate of drug-likeness (QED) is 0.800. The molecule has 86 valence electrons. The van der Waals surface area contributed by atoms with Crippen molar-refractivity contribution in [2.75, 3.05) is 6.54 Å². The predicted molar refractivity (Wildman–Crippen MR) is 64.9 cm³/mol. The van der Waals surface area contributed by atoms with Crippen molar-refractivity contribution < 1.29 is 9.59 Å². The number of rotatable bonds is 5. The van der Waals surface area contributed by atoms with Crippen molar-refractivity contribution in [1.82, 2.24) is 4.90 Å². The Labute approximate surface area is 102 Å². The molecule has 0 radical (unpaired) electrons. The second kappa shape index (κ2) is 4.88. The molecule has 1 saturated heterocycles. The Hall–Kier alpha value is -1.01. The van der Waals surface area contributed by atoms with Crippen LogP contribution in [-0.4, -0.2) is 28.6 Å². The largest absolute Gasteiger partial charge is 0.368 e. The van der Waals surface area contributed by atoms with Gasteiger partial charge in [0.1, 0.15) is 6.54 Å². The van der Waals surface area contributed by atoms with Crippen molar-refractivity contribution >= 4 is 34.9 Å². The van der Waals surface area contributed by atoms with Crippen LogP contribution >= 0.6 is 23.1 Å². The van der Waals surface area contributed by atoms with Gasteiger partial charge in [-0.25, -0.2) is 0 Å². The van der Waals surface area contributed by atoms with Crippen LogP contribution in [0.15, 0.2) is 17.5 Å². The maximum absolute atomic E-state index is 11.2. The number of carbonyl (C=O) groups excluding carboxylic acids is 2. The van der Waals surface area contributed by atoms with Crippen molar-refractivity contribution in [3.63, 3.8) is 0 Å². The molecule has 0 saturated carbocycles. The van der Waals surface area contributed by atoms with Crippen LogP contribution in [0.25, 0.3) is 0 Å². The standard InChI is InChI=1S/C10H12N2O2S2/c11-8(13)5-12-9(14)4-10(12)16-6-7-2-1-3-15-7/h1-3,10H,4-6H2,(H2,11,13). The number of nitrogens with two attached hydrogens (primary N) is 1. The molecule has 0 spiro atoms. The molecule has 1 aliphatic heterocycles. The molecule has 0 bridgehead atoms. The van der Waals surface area contributed by atoms with Crippen LogP contribution in [0.2, 0.25) is 0 Å². The first-order valence-corrected chi connectivity index (χ1v) is 6.81. The smallest absolute Gasteiger partial charge is 0.237 e. The van der Waals surface area contributed by atoms with Crippen molar-refractivity contribution in [2.24, 2.45) is 5.73 Å². The van der Waals surface area contributed by atoms with E-state index in [1.807, 2.05) is 11.4 Å². The highest BCUT2D eigenvalue weighted by Gasteiger charge is 2.36. The van der Waals surface area contributed by atoms with E-state index < -0.39 is 5.91 Å². The summed E-state index contributed by atoms with van der Waals surface area (Å²) in [7, 11) is 0. The zero-order valence-corrected chi connectivity index (χ0v) is 10.2. The number of amides is 2. The van der Waals surface area contributed by atoms with E-state index in [1.165, 1.54) is 4.88 Å². The molecule has 6 heteroatoms. The first-order valence-electron chi connectivity index (χ1n) is 4.88. The summed E-state index contributed by atoms with van der Waals surface area (Å²) in [6.45, 7) is 0.0426. The number of nitrogens with zero attached hydrogens (tertiary/aromatic N) is 1. The molecule has 2 N–H and O–H groups in total. The molecule has 2 rings (SSSR count). The lowest BCUT2D eigenvalue weighted by Gasteiger charge is -2.38. The Bertz CT molecular complexity index is 392. The average molecular weight is 256 g/mol. The fourth-order valence-corrected chi connectivity index (χ4v) is 3.56. The molecule has 1 unspecified atom stereocenters. The van der Waals surface area contributed by atoms with Crippen molar-refractivity contribution in [1.29, 1.82) is 0 Å². The second-order valence-corrected chi connectivity index (χ2v) is 5.74.